The summed E-state index contributed by atoms with van der Waals surface area (Å²) in [5, 5.41) is 2.90. The van der Waals surface area contributed by atoms with Gasteiger partial charge in [0.25, 0.3) is 5.91 Å². The second kappa shape index (κ2) is 14.0. The van der Waals surface area contributed by atoms with E-state index < -0.39 is 35.3 Å². The highest BCUT2D eigenvalue weighted by atomic mass is 19.4. The molecule has 1 aromatic heterocycles. The van der Waals surface area contributed by atoms with Gasteiger partial charge in [0.1, 0.15) is 5.60 Å². The molecule has 0 spiro atoms. The summed E-state index contributed by atoms with van der Waals surface area (Å²) in [6, 6.07) is 15.2. The first-order valence-corrected chi connectivity index (χ1v) is 14.4. The van der Waals surface area contributed by atoms with Gasteiger partial charge in [-0.1, -0.05) is 30.3 Å². The molecule has 0 aliphatic carbocycles. The van der Waals surface area contributed by atoms with Gasteiger partial charge in [-0.3, -0.25) is 9.59 Å². The first kappa shape index (κ1) is 33.2. The van der Waals surface area contributed by atoms with Gasteiger partial charge < -0.3 is 24.6 Å². The lowest BCUT2D eigenvalue weighted by Gasteiger charge is -2.35. The van der Waals surface area contributed by atoms with Crippen molar-refractivity contribution in [3.63, 3.8) is 0 Å². The van der Waals surface area contributed by atoms with Gasteiger partial charge in [0.15, 0.2) is 0 Å². The highest BCUT2D eigenvalue weighted by molar-refractivity contribution is 5.94. The highest BCUT2D eigenvalue weighted by Gasteiger charge is 2.38. The van der Waals surface area contributed by atoms with Crippen molar-refractivity contribution in [1.82, 2.24) is 19.8 Å². The summed E-state index contributed by atoms with van der Waals surface area (Å²) in [6.07, 6.45) is -4.66. The molecule has 1 unspecified atom stereocenters. The van der Waals surface area contributed by atoms with Crippen LogP contribution >= 0.6 is 0 Å². The smallest absolute Gasteiger partial charge is 0.419 e. The van der Waals surface area contributed by atoms with Gasteiger partial charge in [-0.05, 0) is 57.0 Å². The molecule has 1 N–H and O–H groups in total. The van der Waals surface area contributed by atoms with Crippen LogP contribution in [0.25, 0.3) is 0 Å². The molecule has 1 fully saturated rings. The molecule has 2 aromatic carbocycles. The Balaban J connectivity index is 1.49. The maximum absolute atomic E-state index is 14.0. The lowest BCUT2D eigenvalue weighted by Crippen LogP contribution is -2.51. The Hall–Kier alpha value is -4.68. The number of carbonyl (C=O) groups excluding carboxylic acids is 3. The van der Waals surface area contributed by atoms with Crippen LogP contribution in [0.4, 0.5) is 29.6 Å². The molecule has 3 aromatic rings. The molecule has 45 heavy (non-hydrogen) atoms. The second-order valence-electron chi connectivity index (χ2n) is 11.6. The Morgan fingerprint density at radius 2 is 1.56 bits per heavy atom. The monoisotopic (exact) mass is 627 g/mol. The summed E-state index contributed by atoms with van der Waals surface area (Å²) in [5.41, 5.74) is -0.392. The Morgan fingerprint density at radius 3 is 2.13 bits per heavy atom. The van der Waals surface area contributed by atoms with E-state index in [0.717, 1.165) is 5.56 Å². The van der Waals surface area contributed by atoms with Gasteiger partial charge in [0.05, 0.1) is 24.8 Å². The quantitative estimate of drug-likeness (QED) is 0.311. The molecule has 1 atom stereocenters. The van der Waals surface area contributed by atoms with Crippen molar-refractivity contribution in [2.75, 3.05) is 38.6 Å². The number of piperazine rings is 1. The molecular weight excluding hydrogens is 591 g/mol. The number of nitrogens with zero attached hydrogens (tertiary/aromatic N) is 4. The normalized spacial score (nSPS) is 14.5. The Kier molecular flexibility index (Phi) is 10.3. The number of alkyl halides is 3. The Morgan fingerprint density at radius 1 is 0.933 bits per heavy atom. The lowest BCUT2D eigenvalue weighted by atomic mass is 9.90. The lowest BCUT2D eigenvalue weighted by molar-refractivity contribution is -0.143. The summed E-state index contributed by atoms with van der Waals surface area (Å²) in [4.78, 5) is 48.9. The number of ether oxygens (including phenoxy) is 2. The largest absolute Gasteiger partial charge is 0.469 e. The summed E-state index contributed by atoms with van der Waals surface area (Å²) >= 11 is 0. The van der Waals surface area contributed by atoms with Crippen molar-refractivity contribution < 1.29 is 37.0 Å². The maximum atomic E-state index is 14.0. The summed E-state index contributed by atoms with van der Waals surface area (Å²) in [5.74, 6) is -1.91. The molecule has 0 saturated carbocycles. The zero-order valence-electron chi connectivity index (χ0n) is 25.6. The van der Waals surface area contributed by atoms with E-state index in [-0.39, 0.29) is 30.4 Å². The minimum absolute atomic E-state index is 0.0988. The first-order chi connectivity index (χ1) is 21.2. The van der Waals surface area contributed by atoms with Gasteiger partial charge in [0, 0.05) is 49.5 Å². The molecule has 1 aliphatic rings. The predicted molar refractivity (Wildman–Crippen MR) is 160 cm³/mol. The number of benzene rings is 2. The Bertz CT molecular complexity index is 1490. The topological polar surface area (TPSA) is 114 Å². The molecular formula is C32H36F3N5O5. The van der Waals surface area contributed by atoms with E-state index in [2.05, 4.69) is 15.3 Å². The van der Waals surface area contributed by atoms with E-state index in [4.69, 9.17) is 9.47 Å². The molecule has 0 radical (unpaired) electrons. The molecule has 240 valence electrons. The number of hydrogen-bond acceptors (Lipinski definition) is 8. The van der Waals surface area contributed by atoms with Crippen LogP contribution in [0.3, 0.4) is 0 Å². The SMILES string of the molecule is COC(=O)CC(Cc1ccccc1)c1nc(Nc2ccc(C(=O)N3CCN(C(=O)OC(C)(C)C)CC3)cc2)ncc1C(F)(F)F. The van der Waals surface area contributed by atoms with Gasteiger partial charge in [0.2, 0.25) is 5.95 Å². The van der Waals surface area contributed by atoms with Crippen LogP contribution in [0.1, 0.15) is 60.3 Å². The molecule has 2 amide bonds. The van der Waals surface area contributed by atoms with Crippen LogP contribution in [0.2, 0.25) is 0 Å². The van der Waals surface area contributed by atoms with Crippen molar-refractivity contribution in [2.45, 2.75) is 51.3 Å². The van der Waals surface area contributed by atoms with E-state index in [1.165, 1.54) is 7.11 Å². The van der Waals surface area contributed by atoms with E-state index in [9.17, 15) is 27.6 Å². The molecule has 4 rings (SSSR count). The zero-order chi connectivity index (χ0) is 32.8. The molecule has 1 aliphatic heterocycles. The first-order valence-electron chi connectivity index (χ1n) is 14.4. The highest BCUT2D eigenvalue weighted by Crippen LogP contribution is 2.37. The third-order valence-electron chi connectivity index (χ3n) is 7.08. The number of halogens is 3. The number of carbonyl (C=O) groups is 3. The number of methoxy groups -OCH3 is 1. The number of nitrogens with one attached hydrogen (secondary N) is 1. The van der Waals surface area contributed by atoms with Crippen LogP contribution in [0.5, 0.6) is 0 Å². The van der Waals surface area contributed by atoms with Gasteiger partial charge in [-0.15, -0.1) is 0 Å². The summed E-state index contributed by atoms with van der Waals surface area (Å²) < 4.78 is 52.3. The van der Waals surface area contributed by atoms with Crippen molar-refractivity contribution in [2.24, 2.45) is 0 Å². The molecule has 10 nitrogen and oxygen atoms in total. The third-order valence-corrected chi connectivity index (χ3v) is 7.08. The average Bonchev–Trinajstić information content (AvgIpc) is 3.00. The number of esters is 1. The summed E-state index contributed by atoms with van der Waals surface area (Å²) in [6.45, 7) is 6.75. The van der Waals surface area contributed by atoms with E-state index in [0.29, 0.717) is 43.6 Å². The van der Waals surface area contributed by atoms with Crippen LogP contribution in [-0.4, -0.2) is 76.6 Å². The number of anilines is 2. The fourth-order valence-electron chi connectivity index (χ4n) is 4.86. The number of hydrogen-bond donors (Lipinski definition) is 1. The summed E-state index contributed by atoms with van der Waals surface area (Å²) in [7, 11) is 1.18. The fraction of sp³-hybridized carbons (Fsp3) is 0.406. The average molecular weight is 628 g/mol. The Labute approximate surface area is 259 Å². The van der Waals surface area contributed by atoms with Crippen LogP contribution in [0.15, 0.2) is 60.8 Å². The molecule has 13 heteroatoms. The van der Waals surface area contributed by atoms with Crippen LogP contribution < -0.4 is 5.32 Å². The van der Waals surface area contributed by atoms with Crippen molar-refractivity contribution in [1.29, 1.82) is 0 Å². The maximum Gasteiger partial charge on any atom is 0.419 e. The predicted octanol–water partition coefficient (Wildman–Crippen LogP) is 5.82. The van der Waals surface area contributed by atoms with E-state index in [1.807, 2.05) is 0 Å². The molecule has 1 saturated heterocycles. The van der Waals surface area contributed by atoms with E-state index in [1.54, 1.807) is 85.2 Å². The molecule has 2 heterocycles. The second-order valence-corrected chi connectivity index (χ2v) is 11.6. The zero-order valence-corrected chi connectivity index (χ0v) is 25.6. The number of amides is 2. The van der Waals surface area contributed by atoms with E-state index >= 15 is 0 Å². The van der Waals surface area contributed by atoms with Crippen LogP contribution in [0, 0.1) is 0 Å². The standard InChI is InChI=1S/C32H36F3N5O5/c1-31(2,3)45-30(43)40-16-14-39(15-17-40)28(42)22-10-12-24(13-11-22)37-29-36-20-25(32(33,34)35)27(38-29)23(19-26(41)44-4)18-21-8-6-5-7-9-21/h5-13,20,23H,14-19H2,1-4H3,(H,36,37,38). The van der Waals surface area contributed by atoms with Gasteiger partial charge in [-0.2, -0.15) is 13.2 Å². The molecule has 0 bridgehead atoms. The minimum Gasteiger partial charge on any atom is -0.469 e. The minimum atomic E-state index is -4.75. The van der Waals surface area contributed by atoms with Crippen LogP contribution in [-0.2, 0) is 26.9 Å². The van der Waals surface area contributed by atoms with Crippen molar-refractivity contribution >= 4 is 29.6 Å². The van der Waals surface area contributed by atoms with Gasteiger partial charge in [-0.25, -0.2) is 14.8 Å². The van der Waals surface area contributed by atoms with Crippen molar-refractivity contribution in [3.8, 4) is 0 Å². The number of aromatic nitrogens is 2. The number of rotatable bonds is 8. The van der Waals surface area contributed by atoms with Gasteiger partial charge >= 0.3 is 18.2 Å². The third kappa shape index (κ3) is 9.16. The fourth-order valence-corrected chi connectivity index (χ4v) is 4.86. The van der Waals surface area contributed by atoms with Crippen molar-refractivity contribution in [3.05, 3.63) is 83.2 Å².